The number of aromatic nitrogens is 3. The molecule has 3 aliphatic rings. The van der Waals surface area contributed by atoms with Gasteiger partial charge in [-0.3, -0.25) is 29.4 Å². The first kappa shape index (κ1) is 19.4. The van der Waals surface area contributed by atoms with E-state index in [-0.39, 0.29) is 24.1 Å². The maximum absolute atomic E-state index is 12.8. The summed E-state index contributed by atoms with van der Waals surface area (Å²) in [5, 5.41) is 13.5. The smallest absolute Gasteiger partial charge is 0.255 e. The summed E-state index contributed by atoms with van der Waals surface area (Å²) >= 11 is 0. The van der Waals surface area contributed by atoms with E-state index in [1.165, 1.54) is 4.90 Å². The van der Waals surface area contributed by atoms with E-state index in [4.69, 9.17) is 0 Å². The zero-order chi connectivity index (χ0) is 21.5. The van der Waals surface area contributed by atoms with E-state index in [2.05, 4.69) is 20.9 Å². The lowest BCUT2D eigenvalue weighted by atomic mass is 10.0. The number of carbonyl (C=O) groups excluding carboxylic acids is 4. The molecule has 3 aliphatic heterocycles. The third-order valence-electron chi connectivity index (χ3n) is 5.82. The topological polar surface area (TPSA) is 130 Å². The van der Waals surface area contributed by atoms with E-state index < -0.39 is 11.9 Å². The molecule has 4 amide bonds. The molecule has 11 nitrogen and oxygen atoms in total. The maximum Gasteiger partial charge on any atom is 0.255 e. The minimum atomic E-state index is -0.638. The monoisotopic (exact) mass is 423 g/mol. The van der Waals surface area contributed by atoms with Gasteiger partial charge in [0.05, 0.1) is 24.1 Å². The van der Waals surface area contributed by atoms with Crippen LogP contribution in [-0.2, 0) is 27.5 Å². The van der Waals surface area contributed by atoms with Crippen LogP contribution in [0.15, 0.2) is 24.4 Å². The SMILES string of the molecule is O=C1CN(Cc2cn(-c3ccc4c(c3)CN(C3CCC(=O)NC3=O)C4=O)nn2)CCN1. The lowest BCUT2D eigenvalue weighted by Crippen LogP contribution is -2.52. The van der Waals surface area contributed by atoms with Crippen molar-refractivity contribution in [2.24, 2.45) is 0 Å². The van der Waals surface area contributed by atoms with Crippen molar-refractivity contribution in [1.29, 1.82) is 0 Å². The molecule has 2 saturated heterocycles. The standard InChI is InChI=1S/C20H21N7O4/c28-17-4-3-16(19(30)22-17)26-8-12-7-14(1-2-15(12)20(26)31)27-10-13(23-24-27)9-25-6-5-21-18(29)11-25/h1-2,7,10,16H,3-6,8-9,11H2,(H,21,29)(H,22,28,30). The van der Waals surface area contributed by atoms with Crippen molar-refractivity contribution in [3.8, 4) is 5.69 Å². The summed E-state index contributed by atoms with van der Waals surface area (Å²) in [7, 11) is 0. The number of imide groups is 1. The Kier molecular flexibility index (Phi) is 4.74. The van der Waals surface area contributed by atoms with Gasteiger partial charge < -0.3 is 10.2 Å². The van der Waals surface area contributed by atoms with Crippen molar-refractivity contribution < 1.29 is 19.2 Å². The van der Waals surface area contributed by atoms with E-state index in [1.807, 2.05) is 17.2 Å². The van der Waals surface area contributed by atoms with Crippen LogP contribution < -0.4 is 10.6 Å². The average molecular weight is 423 g/mol. The number of carbonyl (C=O) groups is 4. The summed E-state index contributed by atoms with van der Waals surface area (Å²) in [6.45, 7) is 2.55. The van der Waals surface area contributed by atoms with Gasteiger partial charge in [0.15, 0.2) is 0 Å². The Balaban J connectivity index is 1.31. The number of nitrogens with zero attached hydrogens (tertiary/aromatic N) is 5. The highest BCUT2D eigenvalue weighted by molar-refractivity contribution is 6.05. The molecular weight excluding hydrogens is 402 g/mol. The van der Waals surface area contributed by atoms with Gasteiger partial charge in [-0.1, -0.05) is 5.21 Å². The Hall–Kier alpha value is -3.60. The summed E-state index contributed by atoms with van der Waals surface area (Å²) in [5.74, 6) is -0.939. The van der Waals surface area contributed by atoms with Gasteiger partial charge in [0.25, 0.3) is 5.91 Å². The minimum Gasteiger partial charge on any atom is -0.354 e. The van der Waals surface area contributed by atoms with Gasteiger partial charge >= 0.3 is 0 Å². The van der Waals surface area contributed by atoms with Crippen LogP contribution >= 0.6 is 0 Å². The first-order chi connectivity index (χ1) is 15.0. The average Bonchev–Trinajstić information content (AvgIpc) is 3.33. The van der Waals surface area contributed by atoms with E-state index in [0.29, 0.717) is 38.2 Å². The Labute approximate surface area is 177 Å². The number of hydrogen-bond donors (Lipinski definition) is 2. The Morgan fingerprint density at radius 2 is 1.97 bits per heavy atom. The number of rotatable bonds is 4. The zero-order valence-corrected chi connectivity index (χ0v) is 16.7. The fraction of sp³-hybridized carbons (Fsp3) is 0.400. The molecule has 1 unspecified atom stereocenters. The molecule has 1 atom stereocenters. The number of benzene rings is 1. The molecule has 2 aromatic rings. The molecule has 160 valence electrons. The maximum atomic E-state index is 12.8. The number of hydrogen-bond acceptors (Lipinski definition) is 7. The molecule has 1 aromatic carbocycles. The second-order valence-electron chi connectivity index (χ2n) is 7.96. The van der Waals surface area contributed by atoms with Gasteiger partial charge in [-0.05, 0) is 30.2 Å². The van der Waals surface area contributed by atoms with Crippen molar-refractivity contribution in [1.82, 2.24) is 35.4 Å². The largest absolute Gasteiger partial charge is 0.354 e. The van der Waals surface area contributed by atoms with Crippen molar-refractivity contribution in [3.05, 3.63) is 41.2 Å². The van der Waals surface area contributed by atoms with Gasteiger partial charge in [-0.15, -0.1) is 5.10 Å². The molecule has 0 bridgehead atoms. The first-order valence-electron chi connectivity index (χ1n) is 10.2. The molecule has 31 heavy (non-hydrogen) atoms. The van der Waals surface area contributed by atoms with E-state index >= 15 is 0 Å². The lowest BCUT2D eigenvalue weighted by molar-refractivity contribution is -0.137. The van der Waals surface area contributed by atoms with Gasteiger partial charge in [0, 0.05) is 38.2 Å². The van der Waals surface area contributed by atoms with Crippen molar-refractivity contribution in [3.63, 3.8) is 0 Å². The van der Waals surface area contributed by atoms with Crippen molar-refractivity contribution in [2.45, 2.75) is 32.0 Å². The highest BCUT2D eigenvalue weighted by Crippen LogP contribution is 2.29. The first-order valence-corrected chi connectivity index (χ1v) is 10.2. The Morgan fingerprint density at radius 1 is 1.10 bits per heavy atom. The summed E-state index contributed by atoms with van der Waals surface area (Å²) in [6, 6.07) is 4.75. The van der Waals surface area contributed by atoms with Crippen LogP contribution in [0.1, 0.15) is 34.5 Å². The fourth-order valence-electron chi connectivity index (χ4n) is 4.26. The Bertz CT molecular complexity index is 1090. The molecule has 0 spiro atoms. The van der Waals surface area contributed by atoms with Crippen LogP contribution in [0.4, 0.5) is 0 Å². The molecule has 11 heteroatoms. The number of piperidine rings is 1. The van der Waals surface area contributed by atoms with Crippen LogP contribution in [0.5, 0.6) is 0 Å². The van der Waals surface area contributed by atoms with Crippen LogP contribution in [0, 0.1) is 0 Å². The molecule has 2 fully saturated rings. The highest BCUT2D eigenvalue weighted by atomic mass is 16.2. The van der Waals surface area contributed by atoms with E-state index in [1.54, 1.807) is 16.8 Å². The minimum absolute atomic E-state index is 0.00231. The zero-order valence-electron chi connectivity index (χ0n) is 16.7. The molecule has 0 radical (unpaired) electrons. The van der Waals surface area contributed by atoms with Gasteiger partial charge in [0.2, 0.25) is 17.7 Å². The summed E-state index contributed by atoms with van der Waals surface area (Å²) in [5.41, 5.74) is 2.85. The second kappa shape index (κ2) is 7.58. The lowest BCUT2D eigenvalue weighted by Gasteiger charge is -2.29. The van der Waals surface area contributed by atoms with Gasteiger partial charge in [0.1, 0.15) is 6.04 Å². The molecule has 0 saturated carbocycles. The molecule has 1 aromatic heterocycles. The molecule has 2 N–H and O–H groups in total. The second-order valence-corrected chi connectivity index (χ2v) is 7.96. The predicted molar refractivity (Wildman–Crippen MR) is 106 cm³/mol. The summed E-state index contributed by atoms with van der Waals surface area (Å²) in [4.78, 5) is 51.5. The quantitative estimate of drug-likeness (QED) is 0.601. The summed E-state index contributed by atoms with van der Waals surface area (Å²) in [6.07, 6.45) is 2.36. The van der Waals surface area contributed by atoms with Crippen LogP contribution in [0.3, 0.4) is 0 Å². The number of amides is 4. The Morgan fingerprint density at radius 3 is 2.77 bits per heavy atom. The number of fused-ring (bicyclic) bond motifs is 1. The third kappa shape index (κ3) is 3.67. The number of nitrogens with one attached hydrogen (secondary N) is 2. The highest BCUT2D eigenvalue weighted by Gasteiger charge is 2.39. The van der Waals surface area contributed by atoms with Crippen LogP contribution in [0.2, 0.25) is 0 Å². The predicted octanol–water partition coefficient (Wildman–Crippen LogP) is -1.04. The molecule has 4 heterocycles. The molecular formula is C20H21N7O4. The fourth-order valence-corrected chi connectivity index (χ4v) is 4.26. The van der Waals surface area contributed by atoms with E-state index in [0.717, 1.165) is 23.5 Å². The summed E-state index contributed by atoms with van der Waals surface area (Å²) < 4.78 is 1.64. The van der Waals surface area contributed by atoms with E-state index in [9.17, 15) is 19.2 Å². The molecule has 5 rings (SSSR count). The number of piperazine rings is 1. The van der Waals surface area contributed by atoms with Crippen LogP contribution in [0.25, 0.3) is 5.69 Å². The third-order valence-corrected chi connectivity index (χ3v) is 5.82. The van der Waals surface area contributed by atoms with Gasteiger partial charge in [-0.25, -0.2) is 4.68 Å². The van der Waals surface area contributed by atoms with Crippen molar-refractivity contribution in [2.75, 3.05) is 19.6 Å². The normalized spacial score (nSPS) is 21.8. The van der Waals surface area contributed by atoms with Crippen LogP contribution in [-0.4, -0.2) is 74.1 Å². The van der Waals surface area contributed by atoms with Crippen molar-refractivity contribution >= 4 is 23.6 Å². The van der Waals surface area contributed by atoms with Gasteiger partial charge in [-0.2, -0.15) is 0 Å². The molecule has 0 aliphatic carbocycles.